The Morgan fingerprint density at radius 3 is 2.52 bits per heavy atom. The molecular weight excluding hydrogens is 262 g/mol. The van der Waals surface area contributed by atoms with Gasteiger partial charge in [0.1, 0.15) is 0 Å². The highest BCUT2D eigenvalue weighted by atomic mass is 16.1. The molecule has 3 aromatic rings. The Labute approximate surface area is 122 Å². The van der Waals surface area contributed by atoms with Gasteiger partial charge in [0.05, 0.1) is 11.2 Å². The van der Waals surface area contributed by atoms with Gasteiger partial charge < -0.3 is 15.6 Å². The number of para-hydroxylation sites is 1. The predicted molar refractivity (Wildman–Crippen MR) is 89.1 cm³/mol. The van der Waals surface area contributed by atoms with Crippen molar-refractivity contribution in [1.82, 2.24) is 4.98 Å². The molecule has 0 fully saturated rings. The van der Waals surface area contributed by atoms with E-state index in [1.807, 2.05) is 56.6 Å². The van der Waals surface area contributed by atoms with Gasteiger partial charge in [0.15, 0.2) is 5.43 Å². The second kappa shape index (κ2) is 5.32. The molecule has 0 spiro atoms. The third-order valence-corrected chi connectivity index (χ3v) is 3.61. The Morgan fingerprint density at radius 1 is 0.952 bits per heavy atom. The molecule has 0 bridgehead atoms. The normalized spacial score (nSPS) is 10.6. The van der Waals surface area contributed by atoms with Crippen molar-refractivity contribution >= 4 is 22.3 Å². The number of anilines is 2. The maximum absolute atomic E-state index is 12.3. The van der Waals surface area contributed by atoms with Gasteiger partial charge in [-0.15, -0.1) is 0 Å². The van der Waals surface area contributed by atoms with Crippen molar-refractivity contribution in [3.8, 4) is 11.3 Å². The van der Waals surface area contributed by atoms with Crippen LogP contribution in [0.1, 0.15) is 0 Å². The Kier molecular flexibility index (Phi) is 3.36. The highest BCUT2D eigenvalue weighted by Gasteiger charge is 2.07. The van der Waals surface area contributed by atoms with E-state index in [0.717, 1.165) is 28.1 Å². The summed E-state index contributed by atoms with van der Waals surface area (Å²) in [5, 5.41) is 6.93. The molecule has 4 nitrogen and oxygen atoms in total. The van der Waals surface area contributed by atoms with Crippen molar-refractivity contribution < 1.29 is 0 Å². The largest absolute Gasteiger partial charge is 0.388 e. The van der Waals surface area contributed by atoms with E-state index < -0.39 is 0 Å². The molecule has 4 heteroatoms. The zero-order chi connectivity index (χ0) is 14.8. The third-order valence-electron chi connectivity index (χ3n) is 3.61. The molecule has 1 aromatic heterocycles. The van der Waals surface area contributed by atoms with Crippen LogP contribution < -0.4 is 16.1 Å². The number of rotatable bonds is 3. The van der Waals surface area contributed by atoms with Gasteiger partial charge in [-0.3, -0.25) is 4.79 Å². The molecule has 0 aliphatic rings. The van der Waals surface area contributed by atoms with Crippen LogP contribution in [0, 0.1) is 0 Å². The summed E-state index contributed by atoms with van der Waals surface area (Å²) in [6.45, 7) is 0. The summed E-state index contributed by atoms with van der Waals surface area (Å²) in [5.41, 5.74) is 4.59. The quantitative estimate of drug-likeness (QED) is 0.689. The number of nitrogens with one attached hydrogen (secondary N) is 3. The van der Waals surface area contributed by atoms with E-state index in [-0.39, 0.29) is 5.43 Å². The molecular formula is C17H17N3O. The number of hydrogen-bond donors (Lipinski definition) is 3. The zero-order valence-corrected chi connectivity index (χ0v) is 12.0. The first-order chi connectivity index (χ1) is 10.2. The summed E-state index contributed by atoms with van der Waals surface area (Å²) in [5.74, 6) is 0. The second-order valence-electron chi connectivity index (χ2n) is 4.85. The van der Waals surface area contributed by atoms with Gasteiger partial charge >= 0.3 is 0 Å². The van der Waals surface area contributed by atoms with E-state index in [0.29, 0.717) is 5.39 Å². The minimum absolute atomic E-state index is 0.0207. The van der Waals surface area contributed by atoms with Crippen molar-refractivity contribution in [1.29, 1.82) is 0 Å². The summed E-state index contributed by atoms with van der Waals surface area (Å²) in [4.78, 5) is 15.7. The molecule has 3 N–H and O–H groups in total. The van der Waals surface area contributed by atoms with Crippen LogP contribution in [0.15, 0.2) is 53.3 Å². The maximum atomic E-state index is 12.3. The maximum Gasteiger partial charge on any atom is 0.190 e. The Balaban J connectivity index is 2.26. The smallest absolute Gasteiger partial charge is 0.190 e. The van der Waals surface area contributed by atoms with Gasteiger partial charge in [0.25, 0.3) is 0 Å². The van der Waals surface area contributed by atoms with E-state index in [9.17, 15) is 4.79 Å². The third kappa shape index (κ3) is 2.36. The average molecular weight is 279 g/mol. The predicted octanol–water partition coefficient (Wildman–Crippen LogP) is 3.28. The SMILES string of the molecule is CNc1ccc2c(=O)cc(-c3ccccc3NC)[nH]c2c1. The first kappa shape index (κ1) is 13.2. The number of aromatic nitrogens is 1. The van der Waals surface area contributed by atoms with Crippen LogP contribution in [-0.4, -0.2) is 19.1 Å². The minimum Gasteiger partial charge on any atom is -0.388 e. The Hall–Kier alpha value is -2.75. The molecule has 1 heterocycles. The molecule has 0 saturated carbocycles. The van der Waals surface area contributed by atoms with E-state index >= 15 is 0 Å². The van der Waals surface area contributed by atoms with Crippen LogP contribution in [0.2, 0.25) is 0 Å². The fourth-order valence-electron chi connectivity index (χ4n) is 2.49. The molecule has 21 heavy (non-hydrogen) atoms. The molecule has 0 atom stereocenters. The highest BCUT2D eigenvalue weighted by molar-refractivity contribution is 5.86. The Morgan fingerprint density at radius 2 is 1.76 bits per heavy atom. The van der Waals surface area contributed by atoms with Gasteiger partial charge in [-0.1, -0.05) is 18.2 Å². The molecule has 106 valence electrons. The van der Waals surface area contributed by atoms with Gasteiger partial charge in [0, 0.05) is 42.5 Å². The van der Waals surface area contributed by atoms with Crippen LogP contribution in [-0.2, 0) is 0 Å². The van der Waals surface area contributed by atoms with Crippen LogP contribution in [0.25, 0.3) is 22.2 Å². The van der Waals surface area contributed by atoms with E-state index in [2.05, 4.69) is 15.6 Å². The number of pyridine rings is 1. The summed E-state index contributed by atoms with van der Waals surface area (Å²) >= 11 is 0. The summed E-state index contributed by atoms with van der Waals surface area (Å²) in [6, 6.07) is 15.2. The lowest BCUT2D eigenvalue weighted by Crippen LogP contribution is -2.04. The van der Waals surface area contributed by atoms with Crippen LogP contribution in [0.4, 0.5) is 11.4 Å². The molecule has 0 radical (unpaired) electrons. The van der Waals surface area contributed by atoms with Crippen molar-refractivity contribution in [3.05, 3.63) is 58.8 Å². The average Bonchev–Trinajstić information content (AvgIpc) is 2.54. The Bertz CT molecular complexity index is 852. The number of H-pyrrole nitrogens is 1. The van der Waals surface area contributed by atoms with Gasteiger partial charge in [-0.25, -0.2) is 0 Å². The molecule has 0 saturated heterocycles. The topological polar surface area (TPSA) is 56.9 Å². The first-order valence-corrected chi connectivity index (χ1v) is 6.85. The summed E-state index contributed by atoms with van der Waals surface area (Å²) < 4.78 is 0. The van der Waals surface area contributed by atoms with Crippen molar-refractivity contribution in [3.63, 3.8) is 0 Å². The van der Waals surface area contributed by atoms with E-state index in [1.54, 1.807) is 6.07 Å². The fraction of sp³-hybridized carbons (Fsp3) is 0.118. The molecule has 0 aliphatic carbocycles. The lowest BCUT2D eigenvalue weighted by molar-refractivity contribution is 1.36. The lowest BCUT2D eigenvalue weighted by Gasteiger charge is -2.10. The highest BCUT2D eigenvalue weighted by Crippen LogP contribution is 2.26. The van der Waals surface area contributed by atoms with Crippen LogP contribution in [0.5, 0.6) is 0 Å². The van der Waals surface area contributed by atoms with Gasteiger partial charge in [0.2, 0.25) is 0 Å². The van der Waals surface area contributed by atoms with E-state index in [1.165, 1.54) is 0 Å². The standard InChI is InChI=1S/C17H17N3O/c1-18-11-7-8-13-15(9-11)20-16(10-17(13)21)12-5-3-4-6-14(12)19-2/h3-10,18-19H,1-2H3,(H,20,21). The van der Waals surface area contributed by atoms with Crippen molar-refractivity contribution in [2.45, 2.75) is 0 Å². The zero-order valence-electron chi connectivity index (χ0n) is 12.0. The minimum atomic E-state index is 0.0207. The lowest BCUT2D eigenvalue weighted by atomic mass is 10.1. The molecule has 0 unspecified atom stereocenters. The van der Waals surface area contributed by atoms with Gasteiger partial charge in [-0.05, 0) is 24.3 Å². The second-order valence-corrected chi connectivity index (χ2v) is 4.85. The van der Waals surface area contributed by atoms with Crippen molar-refractivity contribution in [2.75, 3.05) is 24.7 Å². The first-order valence-electron chi connectivity index (χ1n) is 6.85. The molecule has 2 aromatic carbocycles. The van der Waals surface area contributed by atoms with Crippen LogP contribution in [0.3, 0.4) is 0 Å². The van der Waals surface area contributed by atoms with E-state index in [4.69, 9.17) is 0 Å². The van der Waals surface area contributed by atoms with Crippen LogP contribution >= 0.6 is 0 Å². The van der Waals surface area contributed by atoms with Gasteiger partial charge in [-0.2, -0.15) is 0 Å². The number of hydrogen-bond acceptors (Lipinski definition) is 3. The molecule has 0 aliphatic heterocycles. The number of benzene rings is 2. The summed E-state index contributed by atoms with van der Waals surface area (Å²) in [7, 11) is 3.73. The van der Waals surface area contributed by atoms with Crippen molar-refractivity contribution in [2.24, 2.45) is 0 Å². The fourth-order valence-corrected chi connectivity index (χ4v) is 2.49. The monoisotopic (exact) mass is 279 g/mol. The number of aromatic amines is 1. The molecule has 3 rings (SSSR count). The number of fused-ring (bicyclic) bond motifs is 1. The summed E-state index contributed by atoms with van der Waals surface area (Å²) in [6.07, 6.45) is 0. The molecule has 0 amide bonds.